The van der Waals surface area contributed by atoms with Gasteiger partial charge in [0.2, 0.25) is 0 Å². The lowest BCUT2D eigenvalue weighted by atomic mass is 10.2. The normalized spacial score (nSPS) is 9.94. The van der Waals surface area contributed by atoms with Crippen molar-refractivity contribution in [3.05, 3.63) is 29.6 Å². The molecule has 0 aliphatic rings. The standard InChI is InChI=1S/C12H16FN3O/c1-17-5-4-15-2-3-16-12-7-10(9-14)6-11(13)8-12/h6-8,15-16H,2-5H2,1H3. The zero-order valence-corrected chi connectivity index (χ0v) is 9.79. The Hall–Kier alpha value is -1.64. The Morgan fingerprint density at radius 2 is 2.12 bits per heavy atom. The summed E-state index contributed by atoms with van der Waals surface area (Å²) in [7, 11) is 1.65. The third-order valence-electron chi connectivity index (χ3n) is 2.14. The highest BCUT2D eigenvalue weighted by Crippen LogP contribution is 2.12. The largest absolute Gasteiger partial charge is 0.384 e. The number of hydrogen-bond donors (Lipinski definition) is 2. The lowest BCUT2D eigenvalue weighted by molar-refractivity contribution is 0.200. The van der Waals surface area contributed by atoms with Crippen molar-refractivity contribution in [2.45, 2.75) is 0 Å². The van der Waals surface area contributed by atoms with Crippen LogP contribution in [-0.4, -0.2) is 33.4 Å². The monoisotopic (exact) mass is 237 g/mol. The lowest BCUT2D eigenvalue weighted by Gasteiger charge is -2.08. The molecule has 0 fully saturated rings. The molecule has 0 aliphatic heterocycles. The Labute approximate surface area is 100 Å². The molecule has 1 rings (SSSR count). The first kappa shape index (κ1) is 13.4. The quantitative estimate of drug-likeness (QED) is 0.703. The van der Waals surface area contributed by atoms with E-state index in [4.69, 9.17) is 10.00 Å². The summed E-state index contributed by atoms with van der Waals surface area (Å²) in [5.41, 5.74) is 0.940. The van der Waals surface area contributed by atoms with Gasteiger partial charge in [-0.25, -0.2) is 4.39 Å². The van der Waals surface area contributed by atoms with Gasteiger partial charge in [-0.05, 0) is 18.2 Å². The summed E-state index contributed by atoms with van der Waals surface area (Å²) >= 11 is 0. The molecule has 17 heavy (non-hydrogen) atoms. The molecule has 0 bridgehead atoms. The molecule has 0 unspecified atom stereocenters. The van der Waals surface area contributed by atoms with E-state index in [0.717, 1.165) is 13.1 Å². The molecule has 0 amide bonds. The zero-order valence-electron chi connectivity index (χ0n) is 9.79. The second kappa shape index (κ2) is 7.60. The van der Waals surface area contributed by atoms with E-state index in [0.29, 0.717) is 24.4 Å². The molecule has 5 heteroatoms. The second-order valence-electron chi connectivity index (χ2n) is 3.51. The number of methoxy groups -OCH3 is 1. The fourth-order valence-corrected chi connectivity index (χ4v) is 1.35. The maximum absolute atomic E-state index is 13.1. The molecule has 0 aliphatic carbocycles. The van der Waals surface area contributed by atoms with E-state index in [-0.39, 0.29) is 0 Å². The Bertz CT molecular complexity index is 390. The average molecular weight is 237 g/mol. The summed E-state index contributed by atoms with van der Waals surface area (Å²) < 4.78 is 18.0. The Morgan fingerprint density at radius 1 is 1.29 bits per heavy atom. The van der Waals surface area contributed by atoms with Gasteiger partial charge in [0.15, 0.2) is 0 Å². The molecular weight excluding hydrogens is 221 g/mol. The predicted molar refractivity (Wildman–Crippen MR) is 64.4 cm³/mol. The summed E-state index contributed by atoms with van der Waals surface area (Å²) in [4.78, 5) is 0. The van der Waals surface area contributed by atoms with Crippen molar-refractivity contribution >= 4 is 5.69 Å². The molecule has 0 atom stereocenters. The number of rotatable bonds is 7. The summed E-state index contributed by atoms with van der Waals surface area (Å²) in [5, 5.41) is 14.9. The van der Waals surface area contributed by atoms with Crippen LogP contribution in [-0.2, 0) is 4.74 Å². The van der Waals surface area contributed by atoms with E-state index in [9.17, 15) is 4.39 Å². The van der Waals surface area contributed by atoms with E-state index in [1.165, 1.54) is 12.1 Å². The average Bonchev–Trinajstić information content (AvgIpc) is 2.33. The molecule has 0 saturated carbocycles. The van der Waals surface area contributed by atoms with E-state index in [1.54, 1.807) is 13.2 Å². The SMILES string of the molecule is COCCNCCNc1cc(F)cc(C#N)c1. The van der Waals surface area contributed by atoms with E-state index in [1.807, 2.05) is 6.07 Å². The number of benzene rings is 1. The van der Waals surface area contributed by atoms with Crippen LogP contribution >= 0.6 is 0 Å². The third kappa shape index (κ3) is 5.29. The molecule has 0 radical (unpaired) electrons. The van der Waals surface area contributed by atoms with Crippen molar-refractivity contribution in [2.75, 3.05) is 38.7 Å². The van der Waals surface area contributed by atoms with Gasteiger partial charge in [0.1, 0.15) is 5.82 Å². The van der Waals surface area contributed by atoms with Crippen LogP contribution in [0.3, 0.4) is 0 Å². The van der Waals surface area contributed by atoms with Crippen LogP contribution in [0, 0.1) is 17.1 Å². The van der Waals surface area contributed by atoms with Gasteiger partial charge in [-0.2, -0.15) is 5.26 Å². The first-order chi connectivity index (χ1) is 8.26. The molecule has 1 aromatic carbocycles. The minimum atomic E-state index is -0.404. The van der Waals surface area contributed by atoms with Crippen LogP contribution in [0.25, 0.3) is 0 Å². The minimum absolute atomic E-state index is 0.319. The molecule has 92 valence electrons. The Balaban J connectivity index is 2.32. The van der Waals surface area contributed by atoms with Gasteiger partial charge in [0, 0.05) is 32.4 Å². The topological polar surface area (TPSA) is 57.1 Å². The van der Waals surface area contributed by atoms with Gasteiger partial charge in [-0.3, -0.25) is 0 Å². The number of hydrogen-bond acceptors (Lipinski definition) is 4. The van der Waals surface area contributed by atoms with Crippen LogP contribution in [0.4, 0.5) is 10.1 Å². The summed E-state index contributed by atoms with van der Waals surface area (Å²) in [5.74, 6) is -0.404. The first-order valence-electron chi connectivity index (χ1n) is 5.40. The number of halogens is 1. The van der Waals surface area contributed by atoms with E-state index < -0.39 is 5.82 Å². The summed E-state index contributed by atoms with van der Waals surface area (Å²) in [6, 6.07) is 6.12. The fraction of sp³-hybridized carbons (Fsp3) is 0.417. The molecule has 2 N–H and O–H groups in total. The number of ether oxygens (including phenoxy) is 1. The minimum Gasteiger partial charge on any atom is -0.384 e. The second-order valence-corrected chi connectivity index (χ2v) is 3.51. The van der Waals surface area contributed by atoms with Crippen molar-refractivity contribution in [1.29, 1.82) is 5.26 Å². The maximum atomic E-state index is 13.1. The Kier molecular flexibility index (Phi) is 6.00. The smallest absolute Gasteiger partial charge is 0.126 e. The van der Waals surface area contributed by atoms with E-state index >= 15 is 0 Å². The van der Waals surface area contributed by atoms with Gasteiger partial charge in [0.25, 0.3) is 0 Å². The van der Waals surface area contributed by atoms with Crippen molar-refractivity contribution in [3.8, 4) is 6.07 Å². The highest BCUT2D eigenvalue weighted by molar-refractivity contribution is 5.49. The molecule has 1 aromatic rings. The summed E-state index contributed by atoms with van der Waals surface area (Å²) in [6.45, 7) is 2.86. The van der Waals surface area contributed by atoms with Crippen molar-refractivity contribution in [3.63, 3.8) is 0 Å². The lowest BCUT2D eigenvalue weighted by Crippen LogP contribution is -2.25. The predicted octanol–water partition coefficient (Wildman–Crippen LogP) is 1.35. The van der Waals surface area contributed by atoms with Crippen LogP contribution in [0.1, 0.15) is 5.56 Å². The molecular formula is C12H16FN3O. The van der Waals surface area contributed by atoms with Crippen LogP contribution in [0.5, 0.6) is 0 Å². The van der Waals surface area contributed by atoms with Crippen molar-refractivity contribution in [2.24, 2.45) is 0 Å². The van der Waals surface area contributed by atoms with E-state index in [2.05, 4.69) is 10.6 Å². The van der Waals surface area contributed by atoms with Crippen LogP contribution in [0.15, 0.2) is 18.2 Å². The molecule has 0 aromatic heterocycles. The Morgan fingerprint density at radius 3 is 2.82 bits per heavy atom. The third-order valence-corrected chi connectivity index (χ3v) is 2.14. The summed E-state index contributed by atoms with van der Waals surface area (Å²) in [6.07, 6.45) is 0. The molecule has 0 spiro atoms. The fourth-order valence-electron chi connectivity index (χ4n) is 1.35. The van der Waals surface area contributed by atoms with Gasteiger partial charge in [-0.1, -0.05) is 0 Å². The number of nitriles is 1. The maximum Gasteiger partial charge on any atom is 0.126 e. The van der Waals surface area contributed by atoms with Gasteiger partial charge >= 0.3 is 0 Å². The van der Waals surface area contributed by atoms with Gasteiger partial charge in [-0.15, -0.1) is 0 Å². The number of nitrogens with one attached hydrogen (secondary N) is 2. The molecule has 4 nitrogen and oxygen atoms in total. The molecule has 0 heterocycles. The highest BCUT2D eigenvalue weighted by Gasteiger charge is 1.99. The number of anilines is 1. The highest BCUT2D eigenvalue weighted by atomic mass is 19.1. The van der Waals surface area contributed by atoms with Gasteiger partial charge < -0.3 is 15.4 Å². The number of nitrogens with zero attached hydrogens (tertiary/aromatic N) is 1. The zero-order chi connectivity index (χ0) is 12.5. The van der Waals surface area contributed by atoms with Crippen LogP contribution < -0.4 is 10.6 Å². The van der Waals surface area contributed by atoms with Gasteiger partial charge in [0.05, 0.1) is 18.2 Å². The van der Waals surface area contributed by atoms with Crippen LogP contribution in [0.2, 0.25) is 0 Å². The molecule has 0 saturated heterocycles. The first-order valence-corrected chi connectivity index (χ1v) is 5.40. The van der Waals surface area contributed by atoms with Crippen molar-refractivity contribution < 1.29 is 9.13 Å². The van der Waals surface area contributed by atoms with Crippen molar-refractivity contribution in [1.82, 2.24) is 5.32 Å².